The minimum atomic E-state index is -0.313. The number of aromatic amines is 1. The SMILES string of the molecule is COc1ccc(Cn2nnnc2[C@@H](c2cc3cc(C)ccc3[nH]c2=O)N2CCCCC2)cc1. The Kier molecular flexibility index (Phi) is 5.92. The summed E-state index contributed by atoms with van der Waals surface area (Å²) in [7, 11) is 1.65. The van der Waals surface area contributed by atoms with Crippen LogP contribution in [0.3, 0.4) is 0 Å². The molecule has 0 spiro atoms. The summed E-state index contributed by atoms with van der Waals surface area (Å²) >= 11 is 0. The second-order valence-electron chi connectivity index (χ2n) is 8.69. The molecule has 8 nitrogen and oxygen atoms in total. The molecule has 1 N–H and O–H groups in total. The summed E-state index contributed by atoms with van der Waals surface area (Å²) in [6, 6.07) is 15.6. The number of benzene rings is 2. The van der Waals surface area contributed by atoms with E-state index in [1.165, 1.54) is 6.42 Å². The maximum absolute atomic E-state index is 13.3. The molecule has 1 saturated heterocycles. The molecule has 0 aliphatic carbocycles. The van der Waals surface area contributed by atoms with Crippen LogP contribution in [0.2, 0.25) is 0 Å². The van der Waals surface area contributed by atoms with Gasteiger partial charge in [-0.3, -0.25) is 9.69 Å². The fourth-order valence-corrected chi connectivity index (χ4v) is 4.65. The fourth-order valence-electron chi connectivity index (χ4n) is 4.65. The first-order valence-corrected chi connectivity index (χ1v) is 11.4. The summed E-state index contributed by atoms with van der Waals surface area (Å²) in [6.45, 7) is 4.39. The van der Waals surface area contributed by atoms with Crippen molar-refractivity contribution in [2.24, 2.45) is 0 Å². The van der Waals surface area contributed by atoms with E-state index in [1.54, 1.807) is 11.8 Å². The van der Waals surface area contributed by atoms with Crippen molar-refractivity contribution in [3.63, 3.8) is 0 Å². The number of fused-ring (bicyclic) bond motifs is 1. The number of nitrogens with one attached hydrogen (secondary N) is 1. The molecule has 1 aliphatic rings. The van der Waals surface area contributed by atoms with Crippen LogP contribution in [0.15, 0.2) is 53.3 Å². The monoisotopic (exact) mass is 444 g/mol. The summed E-state index contributed by atoms with van der Waals surface area (Å²) in [6.07, 6.45) is 3.40. The molecular weight excluding hydrogens is 416 g/mol. The Morgan fingerprint density at radius 2 is 1.85 bits per heavy atom. The van der Waals surface area contributed by atoms with Gasteiger partial charge >= 0.3 is 0 Å². The minimum absolute atomic E-state index is 0.0964. The van der Waals surface area contributed by atoms with Crippen molar-refractivity contribution in [3.05, 3.63) is 81.4 Å². The molecule has 0 radical (unpaired) electrons. The first-order valence-electron chi connectivity index (χ1n) is 11.4. The number of aryl methyl sites for hydroxylation is 1. The van der Waals surface area contributed by atoms with Crippen molar-refractivity contribution in [1.82, 2.24) is 30.1 Å². The molecule has 170 valence electrons. The third-order valence-electron chi connectivity index (χ3n) is 6.37. The molecule has 0 saturated carbocycles. The Morgan fingerprint density at radius 3 is 2.61 bits per heavy atom. The normalized spacial score (nSPS) is 15.6. The van der Waals surface area contributed by atoms with Crippen molar-refractivity contribution in [1.29, 1.82) is 0 Å². The van der Waals surface area contributed by atoms with Crippen molar-refractivity contribution in [3.8, 4) is 5.75 Å². The van der Waals surface area contributed by atoms with Gasteiger partial charge in [0.15, 0.2) is 5.82 Å². The smallest absolute Gasteiger partial charge is 0.253 e. The fraction of sp³-hybridized carbons (Fsp3) is 0.360. The zero-order valence-electron chi connectivity index (χ0n) is 19.0. The molecule has 1 atom stereocenters. The zero-order chi connectivity index (χ0) is 22.8. The molecule has 0 bridgehead atoms. The molecule has 0 amide bonds. The van der Waals surface area contributed by atoms with Crippen LogP contribution in [-0.4, -0.2) is 50.3 Å². The summed E-state index contributed by atoms with van der Waals surface area (Å²) in [4.78, 5) is 18.7. The quantitative estimate of drug-likeness (QED) is 0.490. The molecule has 33 heavy (non-hydrogen) atoms. The summed E-state index contributed by atoms with van der Waals surface area (Å²) < 4.78 is 7.07. The van der Waals surface area contributed by atoms with Crippen LogP contribution < -0.4 is 10.3 Å². The molecule has 8 heteroatoms. The highest BCUT2D eigenvalue weighted by Gasteiger charge is 2.31. The summed E-state index contributed by atoms with van der Waals surface area (Å²) in [5.41, 5.74) is 3.63. The van der Waals surface area contributed by atoms with Gasteiger partial charge in [0.1, 0.15) is 11.8 Å². The number of H-pyrrole nitrogens is 1. The van der Waals surface area contributed by atoms with Gasteiger partial charge in [-0.1, -0.05) is 30.2 Å². The Balaban J connectivity index is 1.58. The van der Waals surface area contributed by atoms with Crippen LogP contribution >= 0.6 is 0 Å². The highest BCUT2D eigenvalue weighted by Crippen LogP contribution is 2.29. The lowest BCUT2D eigenvalue weighted by molar-refractivity contribution is 0.177. The van der Waals surface area contributed by atoms with Crippen molar-refractivity contribution in [2.45, 2.75) is 38.8 Å². The van der Waals surface area contributed by atoms with E-state index in [0.29, 0.717) is 17.9 Å². The van der Waals surface area contributed by atoms with Crippen LogP contribution in [-0.2, 0) is 6.54 Å². The number of piperidine rings is 1. The van der Waals surface area contributed by atoms with Crippen molar-refractivity contribution >= 4 is 10.9 Å². The third kappa shape index (κ3) is 4.39. The van der Waals surface area contributed by atoms with E-state index in [-0.39, 0.29) is 11.6 Å². The number of methoxy groups -OCH3 is 1. The molecule has 4 aromatic rings. The molecule has 2 aromatic carbocycles. The van der Waals surface area contributed by atoms with Gasteiger partial charge in [-0.2, -0.15) is 0 Å². The molecule has 3 heterocycles. The zero-order valence-corrected chi connectivity index (χ0v) is 19.0. The highest BCUT2D eigenvalue weighted by atomic mass is 16.5. The van der Waals surface area contributed by atoms with Gasteiger partial charge in [-0.05, 0) is 84.6 Å². The van der Waals surface area contributed by atoms with Gasteiger partial charge in [-0.15, -0.1) is 5.10 Å². The minimum Gasteiger partial charge on any atom is -0.497 e. The molecule has 2 aromatic heterocycles. The summed E-state index contributed by atoms with van der Waals surface area (Å²) in [5, 5.41) is 13.7. The molecular formula is C25H28N6O2. The number of aromatic nitrogens is 5. The average Bonchev–Trinajstić information content (AvgIpc) is 3.28. The third-order valence-corrected chi connectivity index (χ3v) is 6.37. The lowest BCUT2D eigenvalue weighted by Gasteiger charge is -2.33. The van der Waals surface area contributed by atoms with E-state index in [4.69, 9.17) is 4.74 Å². The predicted molar refractivity (Wildman–Crippen MR) is 126 cm³/mol. The Morgan fingerprint density at radius 1 is 1.06 bits per heavy atom. The molecule has 1 aliphatic heterocycles. The Bertz CT molecular complexity index is 1300. The van der Waals surface area contributed by atoms with E-state index in [0.717, 1.165) is 53.7 Å². The van der Waals surface area contributed by atoms with E-state index in [9.17, 15) is 4.79 Å². The summed E-state index contributed by atoms with van der Waals surface area (Å²) in [5.74, 6) is 1.49. The topological polar surface area (TPSA) is 88.9 Å². The number of tetrazole rings is 1. The lowest BCUT2D eigenvalue weighted by atomic mass is 10.00. The lowest BCUT2D eigenvalue weighted by Crippen LogP contribution is -2.38. The first kappa shape index (κ1) is 21.3. The van der Waals surface area contributed by atoms with Crippen LogP contribution in [0.5, 0.6) is 5.75 Å². The average molecular weight is 445 g/mol. The van der Waals surface area contributed by atoms with E-state index >= 15 is 0 Å². The number of likely N-dealkylation sites (tertiary alicyclic amines) is 1. The Hall–Kier alpha value is -3.52. The Labute approximate surface area is 192 Å². The molecule has 5 rings (SSSR count). The standard InChI is InChI=1S/C25H28N6O2/c1-17-6-11-22-19(14-17)15-21(25(32)26-22)23(30-12-4-3-5-13-30)24-27-28-29-31(24)16-18-7-9-20(33-2)10-8-18/h6-11,14-15,23H,3-5,12-13,16H2,1-2H3,(H,26,32)/t23-/m1/s1. The van der Waals surface area contributed by atoms with Gasteiger partial charge < -0.3 is 9.72 Å². The van der Waals surface area contributed by atoms with Crippen LogP contribution in [0, 0.1) is 6.92 Å². The predicted octanol–water partition coefficient (Wildman–Crippen LogP) is 3.46. The first-order chi connectivity index (χ1) is 16.1. The number of hydrogen-bond acceptors (Lipinski definition) is 6. The van der Waals surface area contributed by atoms with Crippen molar-refractivity contribution in [2.75, 3.05) is 20.2 Å². The number of rotatable bonds is 6. The maximum Gasteiger partial charge on any atom is 0.253 e. The van der Waals surface area contributed by atoms with Crippen LogP contribution in [0.1, 0.15) is 47.8 Å². The van der Waals surface area contributed by atoms with Crippen LogP contribution in [0.25, 0.3) is 10.9 Å². The van der Waals surface area contributed by atoms with E-state index < -0.39 is 0 Å². The van der Waals surface area contributed by atoms with E-state index in [1.807, 2.05) is 42.5 Å². The van der Waals surface area contributed by atoms with Gasteiger partial charge in [0.2, 0.25) is 0 Å². The van der Waals surface area contributed by atoms with Gasteiger partial charge in [0, 0.05) is 11.1 Å². The highest BCUT2D eigenvalue weighted by molar-refractivity contribution is 5.79. The second-order valence-corrected chi connectivity index (χ2v) is 8.69. The van der Waals surface area contributed by atoms with Gasteiger partial charge in [-0.25, -0.2) is 4.68 Å². The van der Waals surface area contributed by atoms with E-state index in [2.05, 4.69) is 38.4 Å². The largest absolute Gasteiger partial charge is 0.497 e. The number of pyridine rings is 1. The van der Waals surface area contributed by atoms with Gasteiger partial charge in [0.25, 0.3) is 5.56 Å². The molecule has 0 unspecified atom stereocenters. The van der Waals surface area contributed by atoms with Gasteiger partial charge in [0.05, 0.1) is 13.7 Å². The number of nitrogens with zero attached hydrogens (tertiary/aromatic N) is 5. The number of hydrogen-bond donors (Lipinski definition) is 1. The number of ether oxygens (including phenoxy) is 1. The van der Waals surface area contributed by atoms with Crippen molar-refractivity contribution < 1.29 is 4.74 Å². The maximum atomic E-state index is 13.3. The van der Waals surface area contributed by atoms with Crippen LogP contribution in [0.4, 0.5) is 0 Å². The second kappa shape index (κ2) is 9.15. The molecule has 1 fully saturated rings.